The van der Waals surface area contributed by atoms with Crippen LogP contribution in [-0.4, -0.2) is 38.0 Å². The van der Waals surface area contributed by atoms with E-state index in [1.807, 2.05) is 0 Å². The van der Waals surface area contributed by atoms with Gasteiger partial charge in [0.25, 0.3) is 5.91 Å². The number of nitrogens with one attached hydrogen (secondary N) is 3. The first-order valence-corrected chi connectivity index (χ1v) is 7.73. The molecule has 0 fully saturated rings. The van der Waals surface area contributed by atoms with Gasteiger partial charge in [-0.3, -0.25) is 9.79 Å². The van der Waals surface area contributed by atoms with E-state index in [1.165, 1.54) is 0 Å². The minimum atomic E-state index is -0.171. The lowest BCUT2D eigenvalue weighted by atomic mass is 10.2. The zero-order valence-electron chi connectivity index (χ0n) is 12.6. The van der Waals surface area contributed by atoms with Crippen molar-refractivity contribution in [3.8, 4) is 0 Å². The van der Waals surface area contributed by atoms with Gasteiger partial charge in [0.15, 0.2) is 5.96 Å². The third kappa shape index (κ3) is 4.77. The number of halogens is 1. The summed E-state index contributed by atoms with van der Waals surface area (Å²) in [5, 5.41) is 9.81. The van der Waals surface area contributed by atoms with E-state index in [0.717, 1.165) is 18.8 Å². The lowest BCUT2D eigenvalue weighted by Crippen LogP contribution is -2.45. The molecule has 1 aromatic rings. The standard InChI is InChI=1S/C16H21ClN4O/c1-18-16(21-12-6-2-3-7-12)20-11-10-19-15(22)13-8-4-5-9-14(13)17/h2-5,8-9,12H,6-7,10-11H2,1H3,(H,19,22)(H2,18,20,21). The SMILES string of the molecule is CN=C(NCCNC(=O)c1ccccc1Cl)NC1CC=CC1. The quantitative estimate of drug-likeness (QED) is 0.336. The Morgan fingerprint density at radius 3 is 2.59 bits per heavy atom. The number of hydrogen-bond donors (Lipinski definition) is 3. The smallest absolute Gasteiger partial charge is 0.252 e. The van der Waals surface area contributed by atoms with Crippen molar-refractivity contribution in [2.24, 2.45) is 4.99 Å². The molecule has 0 aromatic heterocycles. The summed E-state index contributed by atoms with van der Waals surface area (Å²) in [5.74, 6) is 0.580. The fourth-order valence-electron chi connectivity index (χ4n) is 2.22. The molecule has 0 spiro atoms. The van der Waals surface area contributed by atoms with Gasteiger partial charge in [0.05, 0.1) is 10.6 Å². The van der Waals surface area contributed by atoms with Crippen molar-refractivity contribution in [1.82, 2.24) is 16.0 Å². The van der Waals surface area contributed by atoms with Gasteiger partial charge < -0.3 is 16.0 Å². The molecule has 0 saturated carbocycles. The number of carbonyl (C=O) groups is 1. The van der Waals surface area contributed by atoms with E-state index >= 15 is 0 Å². The Balaban J connectivity index is 1.69. The fraction of sp³-hybridized carbons (Fsp3) is 0.375. The molecule has 22 heavy (non-hydrogen) atoms. The monoisotopic (exact) mass is 320 g/mol. The van der Waals surface area contributed by atoms with Crippen molar-refractivity contribution < 1.29 is 4.79 Å². The Kier molecular flexibility index (Phi) is 6.27. The maximum atomic E-state index is 12.0. The van der Waals surface area contributed by atoms with Gasteiger partial charge in [-0.25, -0.2) is 0 Å². The van der Waals surface area contributed by atoms with Gasteiger partial charge in [0.1, 0.15) is 0 Å². The molecule has 0 atom stereocenters. The highest BCUT2D eigenvalue weighted by Gasteiger charge is 2.12. The van der Waals surface area contributed by atoms with Crippen LogP contribution in [0.25, 0.3) is 0 Å². The zero-order valence-corrected chi connectivity index (χ0v) is 13.4. The Hall–Kier alpha value is -2.01. The minimum Gasteiger partial charge on any atom is -0.355 e. The van der Waals surface area contributed by atoms with Crippen LogP contribution in [0.4, 0.5) is 0 Å². The highest BCUT2D eigenvalue weighted by atomic mass is 35.5. The summed E-state index contributed by atoms with van der Waals surface area (Å²) < 4.78 is 0. The molecule has 0 aliphatic heterocycles. The minimum absolute atomic E-state index is 0.171. The summed E-state index contributed by atoms with van der Waals surface area (Å²) in [5.41, 5.74) is 0.490. The van der Waals surface area contributed by atoms with Crippen molar-refractivity contribution in [1.29, 1.82) is 0 Å². The lowest BCUT2D eigenvalue weighted by molar-refractivity contribution is 0.0954. The third-order valence-corrected chi connectivity index (χ3v) is 3.72. The molecule has 1 aromatic carbocycles. The lowest BCUT2D eigenvalue weighted by Gasteiger charge is -2.17. The van der Waals surface area contributed by atoms with Crippen LogP contribution in [0.2, 0.25) is 5.02 Å². The van der Waals surface area contributed by atoms with E-state index in [1.54, 1.807) is 31.3 Å². The van der Waals surface area contributed by atoms with E-state index in [0.29, 0.717) is 29.7 Å². The summed E-state index contributed by atoms with van der Waals surface area (Å²) in [7, 11) is 1.74. The molecule has 1 aliphatic carbocycles. The van der Waals surface area contributed by atoms with Crippen molar-refractivity contribution in [3.63, 3.8) is 0 Å². The second kappa shape index (κ2) is 8.44. The van der Waals surface area contributed by atoms with Crippen LogP contribution < -0.4 is 16.0 Å². The largest absolute Gasteiger partial charge is 0.355 e. The highest BCUT2D eigenvalue weighted by Crippen LogP contribution is 2.14. The van der Waals surface area contributed by atoms with Gasteiger partial charge in [-0.05, 0) is 25.0 Å². The summed E-state index contributed by atoms with van der Waals surface area (Å²) in [6.07, 6.45) is 6.36. The number of amides is 1. The molecule has 1 amide bonds. The molecule has 118 valence electrons. The first-order chi connectivity index (χ1) is 10.7. The first-order valence-electron chi connectivity index (χ1n) is 7.35. The van der Waals surface area contributed by atoms with Gasteiger partial charge in [0.2, 0.25) is 0 Å². The third-order valence-electron chi connectivity index (χ3n) is 3.39. The van der Waals surface area contributed by atoms with E-state index < -0.39 is 0 Å². The predicted molar refractivity (Wildman–Crippen MR) is 90.4 cm³/mol. The van der Waals surface area contributed by atoms with Crippen LogP contribution in [0.15, 0.2) is 41.4 Å². The molecule has 0 unspecified atom stereocenters. The van der Waals surface area contributed by atoms with E-state index in [-0.39, 0.29) is 5.91 Å². The molecule has 5 nitrogen and oxygen atoms in total. The topological polar surface area (TPSA) is 65.5 Å². The van der Waals surface area contributed by atoms with Gasteiger partial charge >= 0.3 is 0 Å². The molecule has 2 rings (SSSR count). The molecular formula is C16H21ClN4O. The summed E-state index contributed by atoms with van der Waals surface area (Å²) in [4.78, 5) is 16.2. The Morgan fingerprint density at radius 2 is 1.91 bits per heavy atom. The number of guanidine groups is 1. The van der Waals surface area contributed by atoms with Gasteiger partial charge in [-0.2, -0.15) is 0 Å². The number of carbonyl (C=O) groups excluding carboxylic acids is 1. The van der Waals surface area contributed by atoms with Crippen LogP contribution in [0, 0.1) is 0 Å². The molecule has 6 heteroatoms. The van der Waals surface area contributed by atoms with Crippen molar-refractivity contribution in [3.05, 3.63) is 47.0 Å². The number of hydrogen-bond acceptors (Lipinski definition) is 2. The molecule has 3 N–H and O–H groups in total. The van der Waals surface area contributed by atoms with Gasteiger partial charge in [0, 0.05) is 26.2 Å². The van der Waals surface area contributed by atoms with Crippen molar-refractivity contribution in [2.45, 2.75) is 18.9 Å². The molecule has 1 aliphatic rings. The molecule has 0 saturated heterocycles. The number of nitrogens with zero attached hydrogens (tertiary/aromatic N) is 1. The van der Waals surface area contributed by atoms with Gasteiger partial charge in [-0.1, -0.05) is 35.9 Å². The summed E-state index contributed by atoms with van der Waals surface area (Å²) in [6.45, 7) is 1.09. The second-order valence-electron chi connectivity index (χ2n) is 5.02. The average Bonchev–Trinajstić information content (AvgIpc) is 3.03. The first kappa shape index (κ1) is 16.4. The summed E-state index contributed by atoms with van der Waals surface area (Å²) in [6, 6.07) is 7.41. The average molecular weight is 321 g/mol. The highest BCUT2D eigenvalue weighted by molar-refractivity contribution is 6.33. The van der Waals surface area contributed by atoms with Crippen molar-refractivity contribution >= 4 is 23.5 Å². The fourth-order valence-corrected chi connectivity index (χ4v) is 2.44. The van der Waals surface area contributed by atoms with E-state index in [4.69, 9.17) is 11.6 Å². The van der Waals surface area contributed by atoms with Crippen LogP contribution >= 0.6 is 11.6 Å². The Labute approximate surface area is 135 Å². The van der Waals surface area contributed by atoms with Crippen LogP contribution in [0.5, 0.6) is 0 Å². The van der Waals surface area contributed by atoms with Crippen LogP contribution in [0.3, 0.4) is 0 Å². The Morgan fingerprint density at radius 1 is 1.23 bits per heavy atom. The van der Waals surface area contributed by atoms with Crippen LogP contribution in [0.1, 0.15) is 23.2 Å². The predicted octanol–water partition coefficient (Wildman–Crippen LogP) is 1.95. The maximum absolute atomic E-state index is 12.0. The van der Waals surface area contributed by atoms with Crippen LogP contribution in [-0.2, 0) is 0 Å². The second-order valence-corrected chi connectivity index (χ2v) is 5.43. The normalized spacial score (nSPS) is 14.9. The van der Waals surface area contributed by atoms with E-state index in [9.17, 15) is 4.79 Å². The zero-order chi connectivity index (χ0) is 15.8. The number of aliphatic imine (C=N–C) groups is 1. The summed E-state index contributed by atoms with van der Waals surface area (Å²) >= 11 is 5.99. The molecule has 0 heterocycles. The molecular weight excluding hydrogens is 300 g/mol. The number of benzene rings is 1. The van der Waals surface area contributed by atoms with E-state index in [2.05, 4.69) is 33.1 Å². The maximum Gasteiger partial charge on any atom is 0.252 e. The van der Waals surface area contributed by atoms with Gasteiger partial charge in [-0.15, -0.1) is 0 Å². The Bertz CT molecular complexity index is 563. The number of rotatable bonds is 5. The molecule has 0 bridgehead atoms. The van der Waals surface area contributed by atoms with Crippen molar-refractivity contribution in [2.75, 3.05) is 20.1 Å². The molecule has 0 radical (unpaired) electrons.